The lowest BCUT2D eigenvalue weighted by Gasteiger charge is -2.27. The maximum absolute atomic E-state index is 12.5. The molecule has 1 aromatic carbocycles. The minimum Gasteiger partial charge on any atom is -0.341 e. The number of hydrogen-bond acceptors (Lipinski definition) is 3. The summed E-state index contributed by atoms with van der Waals surface area (Å²) >= 11 is 9.22. The number of primary sulfonamides is 1. The Kier molecular flexibility index (Phi) is 5.47. The van der Waals surface area contributed by atoms with Gasteiger partial charge in [-0.05, 0) is 17.5 Å². The third kappa shape index (κ3) is 4.95. The van der Waals surface area contributed by atoms with E-state index < -0.39 is 10.0 Å². The van der Waals surface area contributed by atoms with Gasteiger partial charge in [0.15, 0.2) is 0 Å². The van der Waals surface area contributed by atoms with Crippen molar-refractivity contribution in [2.24, 2.45) is 10.6 Å². The number of nitrogens with two attached hydrogens (primary N) is 1. The van der Waals surface area contributed by atoms with Gasteiger partial charge in [-0.15, -0.1) is 0 Å². The molecule has 0 unspecified atom stereocenters. The molecule has 0 fully saturated rings. The number of halogens is 2. The Morgan fingerprint density at radius 1 is 1.38 bits per heavy atom. The molecule has 1 aromatic rings. The number of sulfonamides is 1. The van der Waals surface area contributed by atoms with Crippen molar-refractivity contribution >= 4 is 43.5 Å². The summed E-state index contributed by atoms with van der Waals surface area (Å²) in [7, 11) is -2.37. The SMILES string of the molecule is CN(CC(C)(C)C)C(=O)c1cc(Br)cc(S(N)(=O)=O)c1Cl. The second-order valence-electron chi connectivity index (χ2n) is 6.03. The van der Waals surface area contributed by atoms with Gasteiger partial charge < -0.3 is 4.90 Å². The topological polar surface area (TPSA) is 80.5 Å². The molecule has 1 amide bonds. The van der Waals surface area contributed by atoms with Crippen LogP contribution in [0, 0.1) is 5.41 Å². The summed E-state index contributed by atoms with van der Waals surface area (Å²) in [6, 6.07) is 2.76. The summed E-state index contributed by atoms with van der Waals surface area (Å²) in [5.74, 6) is -0.360. The molecule has 0 aromatic heterocycles. The van der Waals surface area contributed by atoms with Crippen LogP contribution in [0.1, 0.15) is 31.1 Å². The molecular weight excluding hydrogens is 380 g/mol. The van der Waals surface area contributed by atoms with Crippen LogP contribution < -0.4 is 5.14 Å². The Morgan fingerprint density at radius 3 is 2.33 bits per heavy atom. The van der Waals surface area contributed by atoms with E-state index in [9.17, 15) is 13.2 Å². The van der Waals surface area contributed by atoms with E-state index in [1.54, 1.807) is 7.05 Å². The van der Waals surface area contributed by atoms with Crippen LogP contribution in [0.2, 0.25) is 5.02 Å². The third-order valence-corrected chi connectivity index (χ3v) is 4.51. The predicted octanol–water partition coefficient (Wildman–Crippen LogP) is 2.87. The predicted molar refractivity (Wildman–Crippen MR) is 86.9 cm³/mol. The van der Waals surface area contributed by atoms with E-state index in [0.29, 0.717) is 11.0 Å². The maximum Gasteiger partial charge on any atom is 0.255 e. The first-order chi connectivity index (χ1) is 9.33. The molecule has 0 aliphatic carbocycles. The van der Waals surface area contributed by atoms with E-state index >= 15 is 0 Å². The highest BCUT2D eigenvalue weighted by Gasteiger charge is 2.25. The second-order valence-corrected chi connectivity index (χ2v) is 8.86. The minimum absolute atomic E-state index is 0.0916. The second kappa shape index (κ2) is 6.24. The highest BCUT2D eigenvalue weighted by Crippen LogP contribution is 2.30. The average Bonchev–Trinajstić information content (AvgIpc) is 2.27. The van der Waals surface area contributed by atoms with E-state index in [-0.39, 0.29) is 26.8 Å². The lowest BCUT2D eigenvalue weighted by Crippen LogP contribution is -2.34. The molecule has 21 heavy (non-hydrogen) atoms. The summed E-state index contributed by atoms with van der Waals surface area (Å²) in [6.07, 6.45) is 0. The Bertz CT molecular complexity index is 669. The standard InChI is InChI=1S/C13H18BrClN2O3S/c1-13(2,3)7-17(4)12(18)9-5-8(14)6-10(11(9)15)21(16,19)20/h5-6H,7H2,1-4H3,(H2,16,19,20). The van der Waals surface area contributed by atoms with Gasteiger partial charge in [-0.25, -0.2) is 13.6 Å². The van der Waals surface area contributed by atoms with Crippen molar-refractivity contribution in [3.05, 3.63) is 27.2 Å². The van der Waals surface area contributed by atoms with Crippen molar-refractivity contribution in [1.82, 2.24) is 4.90 Å². The Balaban J connectivity index is 3.32. The highest BCUT2D eigenvalue weighted by molar-refractivity contribution is 9.10. The van der Waals surface area contributed by atoms with E-state index in [1.165, 1.54) is 17.0 Å². The first-order valence-corrected chi connectivity index (χ1v) is 8.82. The third-order valence-electron chi connectivity index (χ3n) is 2.60. The number of nitrogens with zero attached hydrogens (tertiary/aromatic N) is 1. The van der Waals surface area contributed by atoms with Crippen LogP contribution in [0.3, 0.4) is 0 Å². The summed E-state index contributed by atoms with van der Waals surface area (Å²) in [5.41, 5.74) is 0.00731. The minimum atomic E-state index is -4.01. The quantitative estimate of drug-likeness (QED) is 0.851. The van der Waals surface area contributed by atoms with E-state index in [4.69, 9.17) is 16.7 Å². The van der Waals surface area contributed by atoms with Crippen molar-refractivity contribution in [2.45, 2.75) is 25.7 Å². The molecule has 0 aliphatic heterocycles. The van der Waals surface area contributed by atoms with Gasteiger partial charge in [0.25, 0.3) is 5.91 Å². The van der Waals surface area contributed by atoms with Crippen LogP contribution >= 0.6 is 27.5 Å². The van der Waals surface area contributed by atoms with Crippen LogP contribution in [0.5, 0.6) is 0 Å². The van der Waals surface area contributed by atoms with Gasteiger partial charge in [-0.1, -0.05) is 48.3 Å². The van der Waals surface area contributed by atoms with Gasteiger partial charge >= 0.3 is 0 Å². The number of amides is 1. The molecule has 0 atom stereocenters. The van der Waals surface area contributed by atoms with Crippen molar-refractivity contribution in [1.29, 1.82) is 0 Å². The summed E-state index contributed by atoms with van der Waals surface area (Å²) in [6.45, 7) is 6.48. The van der Waals surface area contributed by atoms with Crippen LogP contribution in [0.4, 0.5) is 0 Å². The molecule has 0 spiro atoms. The normalized spacial score (nSPS) is 12.3. The fourth-order valence-corrected chi connectivity index (χ4v) is 3.69. The Morgan fingerprint density at radius 2 is 1.90 bits per heavy atom. The van der Waals surface area contributed by atoms with Gasteiger partial charge in [0.05, 0.1) is 10.6 Å². The molecule has 2 N–H and O–H groups in total. The zero-order valence-electron chi connectivity index (χ0n) is 12.3. The fraction of sp³-hybridized carbons (Fsp3) is 0.462. The average molecular weight is 398 g/mol. The lowest BCUT2D eigenvalue weighted by molar-refractivity contribution is 0.0745. The molecule has 0 bridgehead atoms. The van der Waals surface area contributed by atoms with Gasteiger partial charge in [-0.3, -0.25) is 4.79 Å². The molecule has 0 aliphatic rings. The fourth-order valence-electron chi connectivity index (χ4n) is 1.92. The lowest BCUT2D eigenvalue weighted by atomic mass is 9.96. The largest absolute Gasteiger partial charge is 0.341 e. The maximum atomic E-state index is 12.5. The molecule has 118 valence electrons. The monoisotopic (exact) mass is 396 g/mol. The highest BCUT2D eigenvalue weighted by atomic mass is 79.9. The first kappa shape index (κ1) is 18.4. The van der Waals surface area contributed by atoms with Crippen LogP contribution in [-0.2, 0) is 10.0 Å². The number of carbonyl (C=O) groups is 1. The molecule has 0 radical (unpaired) electrons. The van der Waals surface area contributed by atoms with E-state index in [2.05, 4.69) is 15.9 Å². The summed E-state index contributed by atoms with van der Waals surface area (Å²) in [4.78, 5) is 13.7. The molecule has 0 heterocycles. The Hall–Kier alpha value is -0.630. The Labute approximate surface area is 138 Å². The van der Waals surface area contributed by atoms with Gasteiger partial charge in [0, 0.05) is 18.1 Å². The van der Waals surface area contributed by atoms with Crippen molar-refractivity contribution in [2.75, 3.05) is 13.6 Å². The van der Waals surface area contributed by atoms with Crippen molar-refractivity contribution < 1.29 is 13.2 Å². The molecular formula is C13H18BrClN2O3S. The van der Waals surface area contributed by atoms with Crippen LogP contribution in [-0.4, -0.2) is 32.8 Å². The molecule has 8 heteroatoms. The number of hydrogen-bond donors (Lipinski definition) is 1. The van der Waals surface area contributed by atoms with Crippen LogP contribution in [0.15, 0.2) is 21.5 Å². The van der Waals surface area contributed by atoms with Crippen LogP contribution in [0.25, 0.3) is 0 Å². The molecule has 1 rings (SSSR count). The van der Waals surface area contributed by atoms with Gasteiger partial charge in [-0.2, -0.15) is 0 Å². The molecule has 0 saturated carbocycles. The van der Waals surface area contributed by atoms with E-state index in [0.717, 1.165) is 0 Å². The summed E-state index contributed by atoms with van der Waals surface area (Å²) in [5, 5.41) is 4.95. The van der Waals surface area contributed by atoms with Gasteiger partial charge in [0.1, 0.15) is 4.90 Å². The van der Waals surface area contributed by atoms with Gasteiger partial charge in [0.2, 0.25) is 10.0 Å². The van der Waals surface area contributed by atoms with E-state index in [1.807, 2.05) is 20.8 Å². The summed E-state index contributed by atoms with van der Waals surface area (Å²) < 4.78 is 23.5. The zero-order chi connectivity index (χ0) is 16.6. The molecule has 5 nitrogen and oxygen atoms in total. The van der Waals surface area contributed by atoms with Crippen molar-refractivity contribution in [3.8, 4) is 0 Å². The number of rotatable bonds is 3. The number of benzene rings is 1. The first-order valence-electron chi connectivity index (χ1n) is 6.10. The molecule has 0 saturated heterocycles. The van der Waals surface area contributed by atoms with Crippen molar-refractivity contribution in [3.63, 3.8) is 0 Å². The smallest absolute Gasteiger partial charge is 0.255 e. The zero-order valence-corrected chi connectivity index (χ0v) is 15.4. The number of carbonyl (C=O) groups excluding carboxylic acids is 1.